The topological polar surface area (TPSA) is 66.5 Å². The molecule has 0 aromatic heterocycles. The average Bonchev–Trinajstić information content (AvgIpc) is 2.49. The molecule has 0 aliphatic heterocycles. The zero-order valence-corrected chi connectivity index (χ0v) is 14.1. The van der Waals surface area contributed by atoms with Crippen LogP contribution < -0.4 is 4.72 Å². The Morgan fingerprint density at radius 2 is 1.78 bits per heavy atom. The summed E-state index contributed by atoms with van der Waals surface area (Å²) in [5.74, 6) is -0.623. The summed E-state index contributed by atoms with van der Waals surface area (Å²) in [4.78, 5) is 13.6. The molecule has 0 aliphatic rings. The van der Waals surface area contributed by atoms with Gasteiger partial charge < -0.3 is 4.90 Å². The fourth-order valence-corrected chi connectivity index (χ4v) is 3.38. The molecular formula is C15H15FN2O3S2. The summed E-state index contributed by atoms with van der Waals surface area (Å²) in [6.45, 7) is 0. The lowest BCUT2D eigenvalue weighted by Gasteiger charge is -2.10. The fourth-order valence-electron chi connectivity index (χ4n) is 1.63. The molecule has 8 heteroatoms. The van der Waals surface area contributed by atoms with E-state index in [9.17, 15) is 17.6 Å². The molecule has 5 nitrogen and oxygen atoms in total. The number of sulfonamides is 1. The van der Waals surface area contributed by atoms with Crippen LogP contribution in [0.3, 0.4) is 0 Å². The molecule has 2 aromatic rings. The molecule has 2 rings (SSSR count). The molecule has 0 aliphatic carbocycles. The second-order valence-electron chi connectivity index (χ2n) is 4.85. The highest BCUT2D eigenvalue weighted by Crippen LogP contribution is 2.23. The van der Waals surface area contributed by atoms with Gasteiger partial charge in [-0.05, 0) is 54.2 Å². The van der Waals surface area contributed by atoms with Crippen LogP contribution in [-0.2, 0) is 10.0 Å². The first kappa shape index (κ1) is 17.3. The number of nitrogens with one attached hydrogen (secondary N) is 1. The van der Waals surface area contributed by atoms with E-state index in [1.165, 1.54) is 23.1 Å². The van der Waals surface area contributed by atoms with Gasteiger partial charge in [-0.25, -0.2) is 12.8 Å². The van der Waals surface area contributed by atoms with Gasteiger partial charge in [-0.3, -0.25) is 9.52 Å². The number of benzene rings is 2. The van der Waals surface area contributed by atoms with Crippen LogP contribution in [0.15, 0.2) is 58.3 Å². The van der Waals surface area contributed by atoms with E-state index >= 15 is 0 Å². The Hall–Kier alpha value is -2.06. The number of hydrogen-bond donors (Lipinski definition) is 1. The first-order valence-electron chi connectivity index (χ1n) is 6.55. The number of nitrogens with zero attached hydrogens (tertiary/aromatic N) is 1. The molecule has 1 N–H and O–H groups in total. The van der Waals surface area contributed by atoms with Crippen LogP contribution in [0.4, 0.5) is 14.9 Å². The maximum absolute atomic E-state index is 13.1. The Balaban J connectivity index is 2.13. The second-order valence-corrected chi connectivity index (χ2v) is 7.56. The van der Waals surface area contributed by atoms with Crippen LogP contribution in [0, 0.1) is 5.82 Å². The first-order chi connectivity index (χ1) is 10.8. The van der Waals surface area contributed by atoms with Crippen molar-refractivity contribution in [3.8, 4) is 0 Å². The molecule has 122 valence electrons. The Kier molecular flexibility index (Phi) is 5.27. The minimum atomic E-state index is -3.86. The number of hydrogen-bond acceptors (Lipinski definition) is 4. The van der Waals surface area contributed by atoms with Crippen molar-refractivity contribution < 1.29 is 17.6 Å². The van der Waals surface area contributed by atoms with E-state index in [4.69, 9.17) is 0 Å². The minimum Gasteiger partial charge on any atom is -0.339 e. The number of carbonyl (C=O) groups is 1. The Morgan fingerprint density at radius 1 is 1.13 bits per heavy atom. The highest BCUT2D eigenvalue weighted by Gasteiger charge is 2.15. The third kappa shape index (κ3) is 4.70. The van der Waals surface area contributed by atoms with Crippen LogP contribution in [0.1, 0.15) is 0 Å². The third-order valence-electron chi connectivity index (χ3n) is 2.78. The number of amides is 1. The standard InChI is InChI=1S/C15H15FN2O3S2/c1-18(2)15(19)22-13-8-6-12(7-9-13)17-23(20,21)14-5-3-4-11(16)10-14/h3-10,17H,1-2H3. The zero-order chi connectivity index (χ0) is 17.0. The summed E-state index contributed by atoms with van der Waals surface area (Å²) in [5.41, 5.74) is 0.330. The number of thioether (sulfide) groups is 1. The summed E-state index contributed by atoms with van der Waals surface area (Å²) in [7, 11) is -0.558. The van der Waals surface area contributed by atoms with Crippen LogP contribution >= 0.6 is 11.8 Å². The van der Waals surface area contributed by atoms with Crippen molar-refractivity contribution in [3.63, 3.8) is 0 Å². The molecule has 0 saturated heterocycles. The summed E-state index contributed by atoms with van der Waals surface area (Å²) in [5, 5.41) is -0.127. The monoisotopic (exact) mass is 354 g/mol. The molecular weight excluding hydrogens is 339 g/mol. The molecule has 0 fully saturated rings. The predicted octanol–water partition coefficient (Wildman–Crippen LogP) is 3.40. The Bertz CT molecular complexity index is 806. The molecule has 0 radical (unpaired) electrons. The molecule has 0 unspecified atom stereocenters. The van der Waals surface area contributed by atoms with Crippen molar-refractivity contribution >= 4 is 32.7 Å². The Labute approximate surface area is 138 Å². The van der Waals surface area contributed by atoms with E-state index in [0.29, 0.717) is 10.6 Å². The van der Waals surface area contributed by atoms with Crippen molar-refractivity contribution in [1.82, 2.24) is 4.90 Å². The largest absolute Gasteiger partial charge is 0.339 e. The van der Waals surface area contributed by atoms with E-state index in [2.05, 4.69) is 4.72 Å². The van der Waals surface area contributed by atoms with Gasteiger partial charge in [-0.1, -0.05) is 6.07 Å². The van der Waals surface area contributed by atoms with Crippen LogP contribution in [0.2, 0.25) is 0 Å². The van der Waals surface area contributed by atoms with E-state index in [0.717, 1.165) is 17.8 Å². The zero-order valence-electron chi connectivity index (χ0n) is 12.5. The van der Waals surface area contributed by atoms with Gasteiger partial charge in [0.25, 0.3) is 15.3 Å². The summed E-state index contributed by atoms with van der Waals surface area (Å²) < 4.78 is 39.8. The van der Waals surface area contributed by atoms with Gasteiger partial charge >= 0.3 is 0 Å². The number of carbonyl (C=O) groups excluding carboxylic acids is 1. The predicted molar refractivity (Wildman–Crippen MR) is 88.6 cm³/mol. The normalized spacial score (nSPS) is 11.1. The van der Waals surface area contributed by atoms with E-state index in [1.54, 1.807) is 38.4 Å². The molecule has 2 aromatic carbocycles. The SMILES string of the molecule is CN(C)C(=O)Sc1ccc(NS(=O)(=O)c2cccc(F)c2)cc1. The number of anilines is 1. The quantitative estimate of drug-likeness (QED) is 0.855. The molecule has 0 spiro atoms. The highest BCUT2D eigenvalue weighted by atomic mass is 32.2. The van der Waals surface area contributed by atoms with Crippen LogP contribution in [-0.4, -0.2) is 32.7 Å². The lowest BCUT2D eigenvalue weighted by atomic mass is 10.3. The maximum atomic E-state index is 13.1. The molecule has 23 heavy (non-hydrogen) atoms. The van der Waals surface area contributed by atoms with Crippen LogP contribution in [0.25, 0.3) is 0 Å². The maximum Gasteiger partial charge on any atom is 0.285 e. The summed E-state index contributed by atoms with van der Waals surface area (Å²) in [6.07, 6.45) is 0. The minimum absolute atomic E-state index is 0.127. The number of rotatable bonds is 4. The Morgan fingerprint density at radius 3 is 2.35 bits per heavy atom. The third-order valence-corrected chi connectivity index (χ3v) is 5.21. The van der Waals surface area contributed by atoms with Gasteiger partial charge in [-0.2, -0.15) is 0 Å². The fraction of sp³-hybridized carbons (Fsp3) is 0.133. The lowest BCUT2D eigenvalue weighted by Crippen LogP contribution is -2.16. The smallest absolute Gasteiger partial charge is 0.285 e. The van der Waals surface area contributed by atoms with Gasteiger partial charge in [0, 0.05) is 24.7 Å². The first-order valence-corrected chi connectivity index (χ1v) is 8.85. The second kappa shape index (κ2) is 7.01. The van der Waals surface area contributed by atoms with E-state index in [1.807, 2.05) is 0 Å². The molecule has 0 bridgehead atoms. The van der Waals surface area contributed by atoms with E-state index < -0.39 is 15.8 Å². The molecule has 1 amide bonds. The van der Waals surface area contributed by atoms with Gasteiger partial charge in [0.05, 0.1) is 4.90 Å². The van der Waals surface area contributed by atoms with Gasteiger partial charge in [0.1, 0.15) is 5.82 Å². The molecule has 0 atom stereocenters. The summed E-state index contributed by atoms with van der Waals surface area (Å²) in [6, 6.07) is 11.1. The van der Waals surface area contributed by atoms with Crippen molar-refractivity contribution in [1.29, 1.82) is 0 Å². The lowest BCUT2D eigenvalue weighted by molar-refractivity contribution is 0.241. The summed E-state index contributed by atoms with van der Waals surface area (Å²) >= 11 is 1.04. The number of halogens is 1. The average molecular weight is 354 g/mol. The molecule has 0 heterocycles. The van der Waals surface area contributed by atoms with Crippen molar-refractivity contribution in [2.24, 2.45) is 0 Å². The van der Waals surface area contributed by atoms with Crippen molar-refractivity contribution in [2.45, 2.75) is 9.79 Å². The van der Waals surface area contributed by atoms with Gasteiger partial charge in [0.15, 0.2) is 0 Å². The van der Waals surface area contributed by atoms with Gasteiger partial charge in [0.2, 0.25) is 0 Å². The highest BCUT2D eigenvalue weighted by molar-refractivity contribution is 8.13. The van der Waals surface area contributed by atoms with Crippen molar-refractivity contribution in [3.05, 3.63) is 54.3 Å². The molecule has 0 saturated carbocycles. The van der Waals surface area contributed by atoms with Crippen LogP contribution in [0.5, 0.6) is 0 Å². The van der Waals surface area contributed by atoms with Gasteiger partial charge in [-0.15, -0.1) is 0 Å². The van der Waals surface area contributed by atoms with E-state index in [-0.39, 0.29) is 10.1 Å². The van der Waals surface area contributed by atoms with Crippen molar-refractivity contribution in [2.75, 3.05) is 18.8 Å².